The number of hydrogen-bond acceptors (Lipinski definition) is 2. The number of rotatable bonds is 2. The zero-order valence-corrected chi connectivity index (χ0v) is 9.58. The maximum absolute atomic E-state index is 13.4. The van der Waals surface area contributed by atoms with Gasteiger partial charge >= 0.3 is 0 Å². The van der Waals surface area contributed by atoms with Crippen LogP contribution < -0.4 is 5.32 Å². The molecular formula is C13H10F2N2O. The molecule has 0 aliphatic heterocycles. The molecule has 0 fully saturated rings. The second-order valence-electron chi connectivity index (χ2n) is 3.78. The number of halogens is 2. The Balaban J connectivity index is 2.22. The van der Waals surface area contributed by atoms with Crippen LogP contribution in [0.3, 0.4) is 0 Å². The Morgan fingerprint density at radius 3 is 2.67 bits per heavy atom. The van der Waals surface area contributed by atoms with Crippen molar-refractivity contribution in [3.8, 4) is 0 Å². The molecule has 1 N–H and O–H groups in total. The number of nitrogens with one attached hydrogen (secondary N) is 1. The van der Waals surface area contributed by atoms with E-state index in [4.69, 9.17) is 0 Å². The van der Waals surface area contributed by atoms with Gasteiger partial charge in [0, 0.05) is 6.20 Å². The van der Waals surface area contributed by atoms with Crippen molar-refractivity contribution in [1.82, 2.24) is 4.98 Å². The molecule has 5 heteroatoms. The summed E-state index contributed by atoms with van der Waals surface area (Å²) in [7, 11) is 0. The van der Waals surface area contributed by atoms with E-state index in [2.05, 4.69) is 10.3 Å². The summed E-state index contributed by atoms with van der Waals surface area (Å²) in [5.41, 5.74) is 0.585. The quantitative estimate of drug-likeness (QED) is 0.887. The molecular weight excluding hydrogens is 238 g/mol. The number of amides is 1. The molecule has 0 aliphatic rings. The van der Waals surface area contributed by atoms with Crippen molar-refractivity contribution in [3.05, 3.63) is 59.3 Å². The average Bonchev–Trinajstić information content (AvgIpc) is 2.35. The Labute approximate surface area is 102 Å². The number of aryl methyl sites for hydroxylation is 1. The Kier molecular flexibility index (Phi) is 3.32. The van der Waals surface area contributed by atoms with Gasteiger partial charge in [-0.15, -0.1) is 0 Å². The summed E-state index contributed by atoms with van der Waals surface area (Å²) in [6.45, 7) is 1.85. The molecule has 0 unspecified atom stereocenters. The van der Waals surface area contributed by atoms with Gasteiger partial charge in [0.05, 0.1) is 5.56 Å². The SMILES string of the molecule is Cc1ccc(NC(=O)c2cccc(F)c2F)nc1. The molecule has 1 amide bonds. The van der Waals surface area contributed by atoms with Crippen LogP contribution in [0.1, 0.15) is 15.9 Å². The molecule has 2 aromatic rings. The predicted molar refractivity (Wildman–Crippen MR) is 63.3 cm³/mol. The third-order valence-corrected chi connectivity index (χ3v) is 2.35. The third kappa shape index (κ3) is 2.51. The summed E-state index contributed by atoms with van der Waals surface area (Å²) in [5, 5.41) is 2.40. The van der Waals surface area contributed by atoms with E-state index < -0.39 is 17.5 Å². The highest BCUT2D eigenvalue weighted by Crippen LogP contribution is 2.13. The fraction of sp³-hybridized carbons (Fsp3) is 0.0769. The van der Waals surface area contributed by atoms with Crippen molar-refractivity contribution in [2.75, 3.05) is 5.32 Å². The van der Waals surface area contributed by atoms with E-state index in [-0.39, 0.29) is 11.4 Å². The first-order chi connectivity index (χ1) is 8.58. The van der Waals surface area contributed by atoms with Crippen LogP contribution in [0.25, 0.3) is 0 Å². The number of aromatic nitrogens is 1. The molecule has 92 valence electrons. The molecule has 0 aliphatic carbocycles. The van der Waals surface area contributed by atoms with E-state index in [1.165, 1.54) is 12.1 Å². The summed E-state index contributed by atoms with van der Waals surface area (Å²) in [6.07, 6.45) is 1.57. The molecule has 0 bridgehead atoms. The lowest BCUT2D eigenvalue weighted by atomic mass is 10.2. The topological polar surface area (TPSA) is 42.0 Å². The average molecular weight is 248 g/mol. The predicted octanol–water partition coefficient (Wildman–Crippen LogP) is 2.92. The first-order valence-electron chi connectivity index (χ1n) is 5.26. The van der Waals surface area contributed by atoms with E-state index in [1.807, 2.05) is 6.92 Å². The summed E-state index contributed by atoms with van der Waals surface area (Å²) in [5.74, 6) is -2.67. The highest BCUT2D eigenvalue weighted by Gasteiger charge is 2.15. The van der Waals surface area contributed by atoms with Gasteiger partial charge in [0.25, 0.3) is 5.91 Å². The van der Waals surface area contributed by atoms with Crippen LogP contribution >= 0.6 is 0 Å². The first-order valence-corrected chi connectivity index (χ1v) is 5.26. The molecule has 0 atom stereocenters. The molecule has 1 heterocycles. The van der Waals surface area contributed by atoms with Gasteiger partial charge in [0.15, 0.2) is 11.6 Å². The number of nitrogens with zero attached hydrogens (tertiary/aromatic N) is 1. The molecule has 18 heavy (non-hydrogen) atoms. The lowest BCUT2D eigenvalue weighted by Crippen LogP contribution is -2.15. The van der Waals surface area contributed by atoms with Crippen LogP contribution in [0.4, 0.5) is 14.6 Å². The minimum absolute atomic E-state index is 0.286. The zero-order chi connectivity index (χ0) is 13.1. The fourth-order valence-electron chi connectivity index (χ4n) is 1.40. The van der Waals surface area contributed by atoms with E-state index in [0.29, 0.717) is 0 Å². The smallest absolute Gasteiger partial charge is 0.259 e. The van der Waals surface area contributed by atoms with Gasteiger partial charge in [0.2, 0.25) is 0 Å². The standard InChI is InChI=1S/C13H10F2N2O/c1-8-5-6-11(16-7-8)17-13(18)9-3-2-4-10(14)12(9)15/h2-7H,1H3,(H,16,17,18). The zero-order valence-electron chi connectivity index (χ0n) is 9.58. The van der Waals surface area contributed by atoms with E-state index in [9.17, 15) is 13.6 Å². The minimum atomic E-state index is -1.16. The summed E-state index contributed by atoms with van der Waals surface area (Å²) >= 11 is 0. The van der Waals surface area contributed by atoms with Crippen molar-refractivity contribution < 1.29 is 13.6 Å². The van der Waals surface area contributed by atoms with Crippen LogP contribution in [0.5, 0.6) is 0 Å². The van der Waals surface area contributed by atoms with Gasteiger partial charge in [-0.05, 0) is 30.7 Å². The number of pyridine rings is 1. The van der Waals surface area contributed by atoms with E-state index in [1.54, 1.807) is 18.3 Å². The van der Waals surface area contributed by atoms with Crippen molar-refractivity contribution in [1.29, 1.82) is 0 Å². The number of hydrogen-bond donors (Lipinski definition) is 1. The van der Waals surface area contributed by atoms with Crippen LogP contribution in [0, 0.1) is 18.6 Å². The monoisotopic (exact) mass is 248 g/mol. The highest BCUT2D eigenvalue weighted by molar-refractivity contribution is 6.03. The fourth-order valence-corrected chi connectivity index (χ4v) is 1.40. The van der Waals surface area contributed by atoms with Crippen molar-refractivity contribution >= 4 is 11.7 Å². The number of carbonyl (C=O) groups is 1. The van der Waals surface area contributed by atoms with Crippen molar-refractivity contribution in [3.63, 3.8) is 0 Å². The molecule has 0 spiro atoms. The summed E-state index contributed by atoms with van der Waals surface area (Å²) < 4.78 is 26.3. The second-order valence-corrected chi connectivity index (χ2v) is 3.78. The first kappa shape index (κ1) is 12.2. The number of carbonyl (C=O) groups excluding carboxylic acids is 1. The molecule has 0 saturated heterocycles. The van der Waals surface area contributed by atoms with Crippen molar-refractivity contribution in [2.24, 2.45) is 0 Å². The third-order valence-electron chi connectivity index (χ3n) is 2.35. The highest BCUT2D eigenvalue weighted by atomic mass is 19.2. The molecule has 3 nitrogen and oxygen atoms in total. The van der Waals surface area contributed by atoms with Gasteiger partial charge in [-0.2, -0.15) is 0 Å². The van der Waals surface area contributed by atoms with Crippen LogP contribution in [-0.4, -0.2) is 10.9 Å². The maximum atomic E-state index is 13.4. The summed E-state index contributed by atoms with van der Waals surface area (Å²) in [4.78, 5) is 15.7. The number of anilines is 1. The second kappa shape index (κ2) is 4.91. The largest absolute Gasteiger partial charge is 0.306 e. The van der Waals surface area contributed by atoms with Gasteiger partial charge in [-0.1, -0.05) is 12.1 Å². The van der Waals surface area contributed by atoms with Crippen LogP contribution in [-0.2, 0) is 0 Å². The molecule has 1 aromatic heterocycles. The van der Waals surface area contributed by atoms with Gasteiger partial charge in [0.1, 0.15) is 5.82 Å². The molecule has 0 radical (unpaired) electrons. The van der Waals surface area contributed by atoms with Gasteiger partial charge in [-0.25, -0.2) is 13.8 Å². The molecule has 1 aromatic carbocycles. The minimum Gasteiger partial charge on any atom is -0.306 e. The van der Waals surface area contributed by atoms with Crippen LogP contribution in [0.2, 0.25) is 0 Å². The Bertz CT molecular complexity index is 582. The molecule has 2 rings (SSSR count). The lowest BCUT2D eigenvalue weighted by Gasteiger charge is -2.05. The Hall–Kier alpha value is -2.30. The summed E-state index contributed by atoms with van der Waals surface area (Å²) in [6, 6.07) is 6.78. The van der Waals surface area contributed by atoms with Gasteiger partial charge in [-0.3, -0.25) is 4.79 Å². The lowest BCUT2D eigenvalue weighted by molar-refractivity contribution is 0.102. The number of benzene rings is 1. The van der Waals surface area contributed by atoms with Crippen molar-refractivity contribution in [2.45, 2.75) is 6.92 Å². The Morgan fingerprint density at radius 1 is 1.22 bits per heavy atom. The van der Waals surface area contributed by atoms with Gasteiger partial charge < -0.3 is 5.32 Å². The Morgan fingerprint density at radius 2 is 2.00 bits per heavy atom. The maximum Gasteiger partial charge on any atom is 0.259 e. The molecule has 0 saturated carbocycles. The van der Waals surface area contributed by atoms with Crippen LogP contribution in [0.15, 0.2) is 36.5 Å². The van der Waals surface area contributed by atoms with E-state index >= 15 is 0 Å². The normalized spacial score (nSPS) is 10.2. The van der Waals surface area contributed by atoms with E-state index in [0.717, 1.165) is 11.6 Å².